The Morgan fingerprint density at radius 1 is 1.45 bits per heavy atom. The highest BCUT2D eigenvalue weighted by Crippen LogP contribution is 1.92. The van der Waals surface area contributed by atoms with Crippen LogP contribution in [-0.4, -0.2) is 11.9 Å². The van der Waals surface area contributed by atoms with Crippen LogP contribution < -0.4 is 0 Å². The highest BCUT2D eigenvalue weighted by molar-refractivity contribution is 5.91. The molecule has 0 radical (unpaired) electrons. The van der Waals surface area contributed by atoms with Gasteiger partial charge in [0.05, 0.1) is 0 Å². The SMILES string of the molecule is C/C=C/C(=O)OC(=O)CCC. The van der Waals surface area contributed by atoms with Crippen molar-refractivity contribution in [1.82, 2.24) is 0 Å². The van der Waals surface area contributed by atoms with Gasteiger partial charge in [0, 0.05) is 12.5 Å². The lowest BCUT2D eigenvalue weighted by atomic mass is 10.3. The van der Waals surface area contributed by atoms with Crippen LogP contribution >= 0.6 is 0 Å². The summed E-state index contributed by atoms with van der Waals surface area (Å²) in [6.45, 7) is 3.53. The van der Waals surface area contributed by atoms with Crippen LogP contribution in [0.25, 0.3) is 0 Å². The molecule has 0 heterocycles. The third-order valence-corrected chi connectivity index (χ3v) is 0.971. The average Bonchev–Trinajstić information content (AvgIpc) is 1.87. The standard InChI is InChI=1S/C8H12O3/c1-3-5-7(9)11-8(10)6-4-2/h3,5H,4,6H2,1-2H3/b5-3+. The molecule has 3 heteroatoms. The van der Waals surface area contributed by atoms with E-state index in [1.807, 2.05) is 6.92 Å². The van der Waals surface area contributed by atoms with E-state index in [2.05, 4.69) is 4.74 Å². The van der Waals surface area contributed by atoms with Crippen LogP contribution in [0.15, 0.2) is 12.2 Å². The number of carbonyl (C=O) groups excluding carboxylic acids is 2. The van der Waals surface area contributed by atoms with E-state index in [1.54, 1.807) is 6.92 Å². The molecular weight excluding hydrogens is 144 g/mol. The highest BCUT2D eigenvalue weighted by Gasteiger charge is 2.04. The monoisotopic (exact) mass is 156 g/mol. The topological polar surface area (TPSA) is 43.4 Å². The van der Waals surface area contributed by atoms with Crippen LogP contribution in [0.2, 0.25) is 0 Å². The predicted molar refractivity (Wildman–Crippen MR) is 40.8 cm³/mol. The van der Waals surface area contributed by atoms with Gasteiger partial charge in [-0.3, -0.25) is 4.79 Å². The zero-order chi connectivity index (χ0) is 8.69. The molecule has 0 aromatic carbocycles. The molecule has 0 aromatic rings. The van der Waals surface area contributed by atoms with E-state index in [4.69, 9.17) is 0 Å². The van der Waals surface area contributed by atoms with Crippen molar-refractivity contribution in [2.45, 2.75) is 26.7 Å². The minimum absolute atomic E-state index is 0.295. The second-order valence-electron chi connectivity index (χ2n) is 2.04. The smallest absolute Gasteiger partial charge is 0.338 e. The minimum atomic E-state index is -0.592. The Labute approximate surface area is 66.0 Å². The van der Waals surface area contributed by atoms with Crippen LogP contribution in [0.1, 0.15) is 26.7 Å². The molecule has 62 valence electrons. The van der Waals surface area contributed by atoms with Crippen LogP contribution in [-0.2, 0) is 14.3 Å². The van der Waals surface area contributed by atoms with E-state index in [0.29, 0.717) is 12.8 Å². The zero-order valence-electron chi connectivity index (χ0n) is 6.79. The summed E-state index contributed by atoms with van der Waals surface area (Å²) in [5.41, 5.74) is 0. The molecule has 11 heavy (non-hydrogen) atoms. The van der Waals surface area contributed by atoms with Gasteiger partial charge in [-0.1, -0.05) is 13.0 Å². The summed E-state index contributed by atoms with van der Waals surface area (Å²) >= 11 is 0. The Morgan fingerprint density at radius 2 is 2.09 bits per heavy atom. The Morgan fingerprint density at radius 3 is 2.55 bits per heavy atom. The first kappa shape index (κ1) is 9.88. The fraction of sp³-hybridized carbons (Fsp3) is 0.500. The molecule has 0 saturated carbocycles. The molecule has 0 aliphatic rings. The van der Waals surface area contributed by atoms with Gasteiger partial charge in [-0.2, -0.15) is 0 Å². The summed E-state index contributed by atoms with van der Waals surface area (Å²) < 4.78 is 4.37. The fourth-order valence-electron chi connectivity index (χ4n) is 0.537. The van der Waals surface area contributed by atoms with Gasteiger partial charge in [0.1, 0.15) is 0 Å². The summed E-state index contributed by atoms with van der Waals surface area (Å²) in [4.78, 5) is 21.2. The Bertz CT molecular complexity index is 170. The number of ether oxygens (including phenoxy) is 1. The number of hydrogen-bond acceptors (Lipinski definition) is 3. The first-order chi connectivity index (χ1) is 5.20. The molecule has 0 aliphatic carbocycles. The Kier molecular flexibility index (Phi) is 5.07. The highest BCUT2D eigenvalue weighted by atomic mass is 16.6. The third-order valence-electron chi connectivity index (χ3n) is 0.971. The molecule has 0 aromatic heterocycles. The zero-order valence-corrected chi connectivity index (χ0v) is 6.79. The number of hydrogen-bond donors (Lipinski definition) is 0. The van der Waals surface area contributed by atoms with Crippen molar-refractivity contribution in [3.63, 3.8) is 0 Å². The van der Waals surface area contributed by atoms with Crippen molar-refractivity contribution in [3.8, 4) is 0 Å². The van der Waals surface area contributed by atoms with Crippen molar-refractivity contribution >= 4 is 11.9 Å². The first-order valence-electron chi connectivity index (χ1n) is 3.58. The van der Waals surface area contributed by atoms with Crippen molar-refractivity contribution in [2.24, 2.45) is 0 Å². The average molecular weight is 156 g/mol. The second-order valence-corrected chi connectivity index (χ2v) is 2.04. The molecule has 0 rings (SSSR count). The van der Waals surface area contributed by atoms with E-state index in [0.717, 1.165) is 0 Å². The lowest BCUT2D eigenvalue weighted by molar-refractivity contribution is -0.156. The lowest BCUT2D eigenvalue weighted by Gasteiger charge is -1.95. The molecule has 3 nitrogen and oxygen atoms in total. The molecule has 0 saturated heterocycles. The van der Waals surface area contributed by atoms with E-state index >= 15 is 0 Å². The van der Waals surface area contributed by atoms with E-state index in [9.17, 15) is 9.59 Å². The predicted octanol–water partition coefficient (Wildman–Crippen LogP) is 1.43. The number of allylic oxidation sites excluding steroid dienone is 1. The van der Waals surface area contributed by atoms with Gasteiger partial charge in [-0.15, -0.1) is 0 Å². The summed E-state index contributed by atoms with van der Waals surface area (Å²) in [7, 11) is 0. The third kappa shape index (κ3) is 5.33. The van der Waals surface area contributed by atoms with Crippen LogP contribution in [0.3, 0.4) is 0 Å². The molecule has 0 aliphatic heterocycles. The van der Waals surface area contributed by atoms with Crippen molar-refractivity contribution < 1.29 is 14.3 Å². The number of carbonyl (C=O) groups is 2. The van der Waals surface area contributed by atoms with Gasteiger partial charge in [-0.05, 0) is 13.3 Å². The molecule has 0 spiro atoms. The van der Waals surface area contributed by atoms with Crippen LogP contribution in [0, 0.1) is 0 Å². The Hall–Kier alpha value is -1.12. The maximum atomic E-state index is 10.7. The van der Waals surface area contributed by atoms with Gasteiger partial charge in [0.25, 0.3) is 0 Å². The largest absolute Gasteiger partial charge is 0.390 e. The first-order valence-corrected chi connectivity index (χ1v) is 3.58. The van der Waals surface area contributed by atoms with E-state index in [-0.39, 0.29) is 0 Å². The molecule has 0 atom stereocenters. The number of esters is 2. The quantitative estimate of drug-likeness (QED) is 0.352. The number of rotatable bonds is 3. The van der Waals surface area contributed by atoms with Crippen molar-refractivity contribution in [1.29, 1.82) is 0 Å². The van der Waals surface area contributed by atoms with Gasteiger partial charge in [0.2, 0.25) is 0 Å². The van der Waals surface area contributed by atoms with E-state index in [1.165, 1.54) is 12.2 Å². The second kappa shape index (κ2) is 5.65. The lowest BCUT2D eigenvalue weighted by Crippen LogP contribution is -2.08. The van der Waals surface area contributed by atoms with Crippen LogP contribution in [0.5, 0.6) is 0 Å². The molecule has 0 N–H and O–H groups in total. The maximum absolute atomic E-state index is 10.7. The minimum Gasteiger partial charge on any atom is -0.390 e. The maximum Gasteiger partial charge on any atom is 0.338 e. The molecule has 0 amide bonds. The van der Waals surface area contributed by atoms with Crippen LogP contribution in [0.4, 0.5) is 0 Å². The Balaban J connectivity index is 3.66. The van der Waals surface area contributed by atoms with E-state index < -0.39 is 11.9 Å². The molecule has 0 fully saturated rings. The summed E-state index contributed by atoms with van der Waals surface area (Å²) in [6, 6.07) is 0. The normalized spacial score (nSPS) is 10.0. The van der Waals surface area contributed by atoms with Gasteiger partial charge >= 0.3 is 11.9 Å². The van der Waals surface area contributed by atoms with Crippen molar-refractivity contribution in [3.05, 3.63) is 12.2 Å². The van der Waals surface area contributed by atoms with Crippen molar-refractivity contribution in [2.75, 3.05) is 0 Å². The summed E-state index contributed by atoms with van der Waals surface area (Å²) in [5, 5.41) is 0. The summed E-state index contributed by atoms with van der Waals surface area (Å²) in [6.07, 6.45) is 3.74. The molecular formula is C8H12O3. The molecule has 0 unspecified atom stereocenters. The van der Waals surface area contributed by atoms with Gasteiger partial charge in [-0.25, -0.2) is 4.79 Å². The molecule has 0 bridgehead atoms. The summed E-state index contributed by atoms with van der Waals surface area (Å²) in [5.74, 6) is -1.05. The van der Waals surface area contributed by atoms with Gasteiger partial charge in [0.15, 0.2) is 0 Å². The fourth-order valence-corrected chi connectivity index (χ4v) is 0.537. The van der Waals surface area contributed by atoms with Gasteiger partial charge < -0.3 is 4.74 Å².